The van der Waals surface area contributed by atoms with Crippen LogP contribution in [0.25, 0.3) is 21.8 Å². The highest BCUT2D eigenvalue weighted by Crippen LogP contribution is 2.30. The molecule has 0 atom stereocenters. The lowest BCUT2D eigenvalue weighted by atomic mass is 10.1. The van der Waals surface area contributed by atoms with Crippen molar-refractivity contribution in [1.82, 2.24) is 9.97 Å². The van der Waals surface area contributed by atoms with Gasteiger partial charge in [0.2, 0.25) is 0 Å². The van der Waals surface area contributed by atoms with E-state index >= 15 is 0 Å². The number of nitrogens with two attached hydrogens (primary N) is 1. The second-order valence-electron chi connectivity index (χ2n) is 4.29. The van der Waals surface area contributed by atoms with Crippen molar-refractivity contribution in [3.8, 4) is 21.8 Å². The fourth-order valence-corrected chi connectivity index (χ4v) is 2.75. The molecular weight excluding hydrogens is 273 g/mol. The van der Waals surface area contributed by atoms with E-state index in [4.69, 9.17) is 5.73 Å². The zero-order chi connectivity index (χ0) is 13.9. The smallest absolute Gasteiger partial charge is 0.151 e. The van der Waals surface area contributed by atoms with Crippen molar-refractivity contribution < 1.29 is 4.39 Å². The van der Waals surface area contributed by atoms with E-state index in [-0.39, 0.29) is 5.82 Å². The number of halogens is 1. The number of benzene rings is 1. The van der Waals surface area contributed by atoms with Crippen LogP contribution in [-0.4, -0.2) is 9.97 Å². The van der Waals surface area contributed by atoms with Gasteiger partial charge in [0.05, 0.1) is 11.9 Å². The van der Waals surface area contributed by atoms with Crippen LogP contribution < -0.4 is 5.73 Å². The van der Waals surface area contributed by atoms with Crippen LogP contribution in [0.5, 0.6) is 0 Å². The monoisotopic (exact) mass is 285 g/mol. The highest BCUT2D eigenvalue weighted by atomic mass is 32.1. The second-order valence-corrected chi connectivity index (χ2v) is 5.15. The normalized spacial score (nSPS) is 10.7. The zero-order valence-corrected chi connectivity index (χ0v) is 11.4. The molecule has 0 aliphatic heterocycles. The first-order chi connectivity index (χ1) is 9.78. The molecule has 0 radical (unpaired) electrons. The molecule has 0 saturated heterocycles. The van der Waals surface area contributed by atoms with Crippen LogP contribution in [0.2, 0.25) is 0 Å². The number of hydrogen-bond acceptors (Lipinski definition) is 4. The lowest BCUT2D eigenvalue weighted by Crippen LogP contribution is -1.95. The average molecular weight is 285 g/mol. The fraction of sp³-hybridized carbons (Fsp3) is 0.0667. The molecule has 3 nitrogen and oxygen atoms in total. The molecule has 2 heterocycles. The maximum absolute atomic E-state index is 13.7. The van der Waals surface area contributed by atoms with Gasteiger partial charge >= 0.3 is 0 Å². The lowest BCUT2D eigenvalue weighted by molar-refractivity contribution is 0.625. The van der Waals surface area contributed by atoms with E-state index < -0.39 is 0 Å². The number of thiazole rings is 1. The Morgan fingerprint density at radius 2 is 1.95 bits per heavy atom. The van der Waals surface area contributed by atoms with Gasteiger partial charge in [-0.1, -0.05) is 24.3 Å². The molecule has 5 heteroatoms. The van der Waals surface area contributed by atoms with E-state index in [9.17, 15) is 4.39 Å². The summed E-state index contributed by atoms with van der Waals surface area (Å²) >= 11 is 1.42. The van der Waals surface area contributed by atoms with Crippen LogP contribution in [0.1, 0.15) is 5.56 Å². The first-order valence-corrected chi connectivity index (χ1v) is 7.00. The van der Waals surface area contributed by atoms with Crippen LogP contribution in [0.15, 0.2) is 48.1 Å². The van der Waals surface area contributed by atoms with Gasteiger partial charge < -0.3 is 5.73 Å². The topological polar surface area (TPSA) is 51.8 Å². The third-order valence-electron chi connectivity index (χ3n) is 2.99. The highest BCUT2D eigenvalue weighted by Gasteiger charge is 2.10. The third kappa shape index (κ3) is 2.45. The van der Waals surface area contributed by atoms with Crippen LogP contribution in [0.3, 0.4) is 0 Å². The molecule has 1 aromatic carbocycles. The zero-order valence-electron chi connectivity index (χ0n) is 10.6. The van der Waals surface area contributed by atoms with Crippen molar-refractivity contribution in [1.29, 1.82) is 0 Å². The van der Waals surface area contributed by atoms with Crippen molar-refractivity contribution in [3.05, 3.63) is 59.5 Å². The summed E-state index contributed by atoms with van der Waals surface area (Å²) < 4.78 is 13.7. The Balaban J connectivity index is 1.95. The van der Waals surface area contributed by atoms with Gasteiger partial charge in [0.25, 0.3) is 0 Å². The molecule has 100 valence electrons. The summed E-state index contributed by atoms with van der Waals surface area (Å²) in [5.74, 6) is -0.355. The predicted molar refractivity (Wildman–Crippen MR) is 78.6 cm³/mol. The number of hydrogen-bond donors (Lipinski definition) is 1. The summed E-state index contributed by atoms with van der Waals surface area (Å²) in [5, 5.41) is 2.58. The van der Waals surface area contributed by atoms with E-state index in [0.29, 0.717) is 17.1 Å². The summed E-state index contributed by atoms with van der Waals surface area (Å²) in [4.78, 5) is 8.23. The molecule has 0 amide bonds. The van der Waals surface area contributed by atoms with Gasteiger partial charge in [-0.05, 0) is 11.6 Å². The van der Waals surface area contributed by atoms with E-state index in [0.717, 1.165) is 16.8 Å². The Bertz CT molecular complexity index is 722. The Morgan fingerprint density at radius 1 is 1.15 bits per heavy atom. The van der Waals surface area contributed by atoms with Gasteiger partial charge in [-0.25, -0.2) is 9.37 Å². The Hall–Kier alpha value is -2.11. The quantitative estimate of drug-likeness (QED) is 0.801. The largest absolute Gasteiger partial charge is 0.326 e. The number of pyridine rings is 1. The van der Waals surface area contributed by atoms with Crippen LogP contribution in [0, 0.1) is 5.82 Å². The molecular formula is C15H12FN3S. The molecule has 0 aliphatic rings. The third-order valence-corrected chi connectivity index (χ3v) is 3.87. The summed E-state index contributed by atoms with van der Waals surface area (Å²) in [6.45, 7) is 0.519. The molecule has 0 aliphatic carbocycles. The first-order valence-electron chi connectivity index (χ1n) is 6.12. The maximum atomic E-state index is 13.7. The Kier molecular flexibility index (Phi) is 3.54. The van der Waals surface area contributed by atoms with Crippen LogP contribution in [-0.2, 0) is 6.54 Å². The van der Waals surface area contributed by atoms with E-state index in [1.54, 1.807) is 12.3 Å². The summed E-state index contributed by atoms with van der Waals surface area (Å²) in [7, 11) is 0. The maximum Gasteiger partial charge on any atom is 0.151 e. The SMILES string of the molecule is NCc1ccc(-c2csc(-c3ccncc3F)n2)cc1. The molecule has 0 fully saturated rings. The highest BCUT2D eigenvalue weighted by molar-refractivity contribution is 7.13. The van der Waals surface area contributed by atoms with Gasteiger partial charge in [-0.2, -0.15) is 0 Å². The van der Waals surface area contributed by atoms with Crippen molar-refractivity contribution in [2.75, 3.05) is 0 Å². The Morgan fingerprint density at radius 3 is 2.65 bits per heavy atom. The second kappa shape index (κ2) is 5.48. The minimum Gasteiger partial charge on any atom is -0.326 e. The summed E-state index contributed by atoms with van der Waals surface area (Å²) in [5.41, 5.74) is 8.97. The first kappa shape index (κ1) is 12.9. The van der Waals surface area contributed by atoms with Crippen LogP contribution in [0.4, 0.5) is 4.39 Å². The van der Waals surface area contributed by atoms with Gasteiger partial charge in [0.1, 0.15) is 5.01 Å². The number of rotatable bonds is 3. The standard InChI is InChI=1S/C15H12FN3S/c16-13-8-18-6-5-12(13)15-19-14(9-20-15)11-3-1-10(7-17)2-4-11/h1-6,8-9H,7,17H2. The molecule has 3 aromatic rings. The molecule has 2 N–H and O–H groups in total. The average Bonchev–Trinajstić information content (AvgIpc) is 2.97. The minimum atomic E-state index is -0.355. The van der Waals surface area contributed by atoms with E-state index in [2.05, 4.69) is 9.97 Å². The van der Waals surface area contributed by atoms with Crippen LogP contribution >= 0.6 is 11.3 Å². The molecule has 20 heavy (non-hydrogen) atoms. The molecule has 0 unspecified atom stereocenters. The summed E-state index contributed by atoms with van der Waals surface area (Å²) in [6, 6.07) is 9.53. The van der Waals surface area contributed by atoms with Gasteiger partial charge in [-0.15, -0.1) is 11.3 Å². The van der Waals surface area contributed by atoms with Crippen molar-refractivity contribution in [2.45, 2.75) is 6.54 Å². The fourth-order valence-electron chi connectivity index (χ4n) is 1.89. The molecule has 2 aromatic heterocycles. The predicted octanol–water partition coefficient (Wildman–Crippen LogP) is 3.47. The molecule has 0 saturated carbocycles. The van der Waals surface area contributed by atoms with Crippen molar-refractivity contribution in [3.63, 3.8) is 0 Å². The van der Waals surface area contributed by atoms with Gasteiger partial charge in [0, 0.05) is 29.2 Å². The van der Waals surface area contributed by atoms with E-state index in [1.165, 1.54) is 17.5 Å². The number of aromatic nitrogens is 2. The Labute approximate surface area is 119 Å². The lowest BCUT2D eigenvalue weighted by Gasteiger charge is -2.00. The van der Waals surface area contributed by atoms with Gasteiger partial charge in [0.15, 0.2) is 5.82 Å². The van der Waals surface area contributed by atoms with Crippen molar-refractivity contribution >= 4 is 11.3 Å². The van der Waals surface area contributed by atoms with E-state index in [1.807, 2.05) is 29.6 Å². The number of nitrogens with zero attached hydrogens (tertiary/aromatic N) is 2. The molecule has 3 rings (SSSR count). The molecule has 0 bridgehead atoms. The van der Waals surface area contributed by atoms with Crippen molar-refractivity contribution in [2.24, 2.45) is 5.73 Å². The minimum absolute atomic E-state index is 0.355. The van der Waals surface area contributed by atoms with Gasteiger partial charge in [-0.3, -0.25) is 4.98 Å². The molecule has 0 spiro atoms. The summed E-state index contributed by atoms with van der Waals surface area (Å²) in [6.07, 6.45) is 2.77.